The third kappa shape index (κ3) is 7.65. The van der Waals surface area contributed by atoms with Crippen LogP contribution in [-0.4, -0.2) is 34.6 Å². The first-order valence-corrected chi connectivity index (χ1v) is 15.9. The average Bonchev–Trinajstić information content (AvgIpc) is 3.74. The Morgan fingerprint density at radius 2 is 1.83 bits per heavy atom. The smallest absolute Gasteiger partial charge is 0.250 e. The fourth-order valence-electron chi connectivity index (χ4n) is 4.52. The van der Waals surface area contributed by atoms with Crippen LogP contribution in [0.3, 0.4) is 0 Å². The Labute approximate surface area is 248 Å². The van der Waals surface area contributed by atoms with Crippen LogP contribution in [0, 0.1) is 11.7 Å². The van der Waals surface area contributed by atoms with Crippen molar-refractivity contribution >= 4 is 39.6 Å². The first kappa shape index (κ1) is 31.4. The van der Waals surface area contributed by atoms with E-state index in [2.05, 4.69) is 9.44 Å². The zero-order valence-electron chi connectivity index (χ0n) is 23.2. The minimum atomic E-state index is -2.80. The number of aromatic nitrogens is 1. The number of hydrogen-bond donors (Lipinski definition) is 3. The van der Waals surface area contributed by atoms with Gasteiger partial charge in [-0.3, -0.25) is 9.59 Å². The van der Waals surface area contributed by atoms with Gasteiger partial charge in [0.15, 0.2) is 5.78 Å². The van der Waals surface area contributed by atoms with Crippen LogP contribution in [0.2, 0.25) is 5.02 Å². The van der Waals surface area contributed by atoms with E-state index >= 15 is 0 Å². The number of pyridine rings is 1. The number of rotatable bonds is 11. The standard InChI is InChI=1S/C29H33ClFN3O5S2/c1-29(2,3)40(37)33-27(17-5-6-17)22-15-26(35)34(4)16-24(22)21-13-19(11-12-32-41(38)39)25(30)14-23(21)28(36)18-7-9-20(31)10-8-18/h7-10,13-17,27,33,41H,5-6,11-12H2,1-4H3,(H,32,38,39)/t27?,40-/m0/s1. The lowest BCUT2D eigenvalue weighted by Crippen LogP contribution is -2.42. The van der Waals surface area contributed by atoms with Crippen LogP contribution < -0.4 is 15.0 Å². The second-order valence-electron chi connectivity index (χ2n) is 11.1. The van der Waals surface area contributed by atoms with E-state index in [0.29, 0.717) is 22.3 Å². The van der Waals surface area contributed by atoms with Gasteiger partial charge in [-0.1, -0.05) is 11.6 Å². The van der Waals surface area contributed by atoms with Gasteiger partial charge in [0.1, 0.15) is 10.6 Å². The third-order valence-electron chi connectivity index (χ3n) is 6.94. The van der Waals surface area contributed by atoms with E-state index in [1.54, 1.807) is 19.3 Å². The summed E-state index contributed by atoms with van der Waals surface area (Å²) in [7, 11) is -1.19. The first-order valence-electron chi connectivity index (χ1n) is 13.2. The fourth-order valence-corrected chi connectivity index (χ4v) is 5.98. The average molecular weight is 622 g/mol. The van der Waals surface area contributed by atoms with Crippen LogP contribution in [0.4, 0.5) is 4.39 Å². The van der Waals surface area contributed by atoms with E-state index in [9.17, 15) is 27.0 Å². The topological polar surface area (TPSA) is 120 Å². The van der Waals surface area contributed by atoms with Gasteiger partial charge in [0.05, 0.1) is 6.04 Å². The first-order chi connectivity index (χ1) is 19.3. The van der Waals surface area contributed by atoms with E-state index < -0.39 is 44.6 Å². The Morgan fingerprint density at radius 1 is 1.17 bits per heavy atom. The molecule has 1 aliphatic rings. The second kappa shape index (κ2) is 12.8. The Bertz CT molecular complexity index is 1570. The second-order valence-corrected chi connectivity index (χ2v) is 14.4. The number of nitrogens with zero attached hydrogens (tertiary/aromatic N) is 1. The molecule has 41 heavy (non-hydrogen) atoms. The number of nitrogens with one attached hydrogen (secondary N) is 2. The number of carbonyl (C=O) groups excluding carboxylic acids is 1. The van der Waals surface area contributed by atoms with E-state index in [0.717, 1.165) is 12.8 Å². The number of thiol groups is 1. The molecule has 1 unspecified atom stereocenters. The summed E-state index contributed by atoms with van der Waals surface area (Å²) < 4.78 is 55.4. The molecule has 0 amide bonds. The number of ketones is 1. The molecule has 1 saturated carbocycles. The van der Waals surface area contributed by atoms with Crippen molar-refractivity contribution in [2.24, 2.45) is 13.0 Å². The van der Waals surface area contributed by atoms with Gasteiger partial charge in [0.25, 0.3) is 5.56 Å². The van der Waals surface area contributed by atoms with Crippen molar-refractivity contribution in [2.75, 3.05) is 6.54 Å². The van der Waals surface area contributed by atoms with Crippen molar-refractivity contribution in [3.05, 3.63) is 92.1 Å². The maximum atomic E-state index is 13.8. The van der Waals surface area contributed by atoms with Crippen LogP contribution in [0.1, 0.15) is 66.7 Å². The molecular formula is C29H33ClFN3O5S2. The van der Waals surface area contributed by atoms with Gasteiger partial charge >= 0.3 is 0 Å². The Balaban J connectivity index is 1.93. The van der Waals surface area contributed by atoms with Gasteiger partial charge < -0.3 is 9.12 Å². The summed E-state index contributed by atoms with van der Waals surface area (Å²) >= 11 is 5.16. The van der Waals surface area contributed by atoms with E-state index in [-0.39, 0.29) is 40.6 Å². The van der Waals surface area contributed by atoms with Crippen LogP contribution in [-0.2, 0) is 35.7 Å². The molecule has 1 fully saturated rings. The largest absolute Gasteiger partial charge is 0.598 e. The highest BCUT2D eigenvalue weighted by atomic mass is 35.5. The summed E-state index contributed by atoms with van der Waals surface area (Å²) in [6.07, 6.45) is 3.68. The number of aryl methyl sites for hydroxylation is 1. The number of hydrogen-bond acceptors (Lipinski definition) is 6. The molecule has 1 aromatic heterocycles. The Kier molecular flexibility index (Phi) is 9.77. The normalized spacial score (nSPS) is 15.2. The molecule has 1 heterocycles. The molecule has 0 aliphatic heterocycles. The van der Waals surface area contributed by atoms with Crippen molar-refractivity contribution in [3.63, 3.8) is 0 Å². The molecule has 0 radical (unpaired) electrons. The summed E-state index contributed by atoms with van der Waals surface area (Å²) in [5, 5.41) is 0.263. The molecule has 12 heteroatoms. The molecule has 2 aromatic carbocycles. The van der Waals surface area contributed by atoms with Crippen LogP contribution in [0.25, 0.3) is 11.1 Å². The summed E-state index contributed by atoms with van der Waals surface area (Å²) in [6, 6.07) is 9.52. The predicted octanol–water partition coefficient (Wildman–Crippen LogP) is 4.24. The maximum absolute atomic E-state index is 13.8. The third-order valence-corrected chi connectivity index (χ3v) is 9.36. The molecule has 220 valence electrons. The van der Waals surface area contributed by atoms with Gasteiger partial charge in [0.2, 0.25) is 10.9 Å². The van der Waals surface area contributed by atoms with Crippen molar-refractivity contribution in [1.29, 1.82) is 0 Å². The van der Waals surface area contributed by atoms with Gasteiger partial charge in [-0.2, -0.15) is 0 Å². The zero-order chi connectivity index (χ0) is 30.1. The quantitative estimate of drug-likeness (QED) is 0.167. The van der Waals surface area contributed by atoms with Gasteiger partial charge in [-0.25, -0.2) is 17.5 Å². The minimum absolute atomic E-state index is 0.0973. The van der Waals surface area contributed by atoms with E-state index in [4.69, 9.17) is 11.6 Å². The zero-order valence-corrected chi connectivity index (χ0v) is 25.7. The van der Waals surface area contributed by atoms with Crippen molar-refractivity contribution in [3.8, 4) is 11.1 Å². The van der Waals surface area contributed by atoms with Crippen molar-refractivity contribution < 1.29 is 22.2 Å². The van der Waals surface area contributed by atoms with Gasteiger partial charge in [-0.05, 0) is 99.0 Å². The molecule has 3 aromatic rings. The fraction of sp³-hybridized carbons (Fsp3) is 0.379. The Morgan fingerprint density at radius 3 is 2.41 bits per heavy atom. The molecule has 1 aliphatic carbocycles. The molecule has 2 atom stereocenters. The molecule has 2 N–H and O–H groups in total. The Hall–Kier alpha value is -2.54. The van der Waals surface area contributed by atoms with Gasteiger partial charge in [-0.15, -0.1) is 4.72 Å². The lowest BCUT2D eigenvalue weighted by Gasteiger charge is -2.29. The SMILES string of the molecule is Cn1cc(-c2cc(CCN[SH](=O)=O)c(Cl)cc2C(=O)c2ccc(F)cc2)c(C(N[S@@+]([O-])C(C)(C)C)C2CC2)cc1=O. The van der Waals surface area contributed by atoms with E-state index in [1.165, 1.54) is 41.0 Å². The summed E-state index contributed by atoms with van der Waals surface area (Å²) in [5.41, 5.74) is 2.48. The van der Waals surface area contributed by atoms with Crippen LogP contribution in [0.15, 0.2) is 53.5 Å². The highest BCUT2D eigenvalue weighted by Gasteiger charge is 2.40. The van der Waals surface area contributed by atoms with Crippen molar-refractivity contribution in [2.45, 2.75) is 50.8 Å². The lowest BCUT2D eigenvalue weighted by atomic mass is 9.87. The molecule has 4 rings (SSSR count). The predicted molar refractivity (Wildman–Crippen MR) is 160 cm³/mol. The van der Waals surface area contributed by atoms with Crippen molar-refractivity contribution in [1.82, 2.24) is 14.0 Å². The molecular weight excluding hydrogens is 589 g/mol. The van der Waals surface area contributed by atoms with Gasteiger partial charge in [0, 0.05) is 58.9 Å². The highest BCUT2D eigenvalue weighted by Crippen LogP contribution is 2.45. The van der Waals surface area contributed by atoms with E-state index in [1.807, 2.05) is 20.8 Å². The molecule has 0 bridgehead atoms. The maximum Gasteiger partial charge on any atom is 0.250 e. The van der Waals surface area contributed by atoms with Crippen LogP contribution in [0.5, 0.6) is 0 Å². The lowest BCUT2D eigenvalue weighted by molar-refractivity contribution is 0.103. The number of halogens is 2. The molecule has 0 spiro atoms. The highest BCUT2D eigenvalue weighted by molar-refractivity contribution is 7.90. The summed E-state index contributed by atoms with van der Waals surface area (Å²) in [5.74, 6) is -0.735. The molecule has 0 saturated heterocycles. The minimum Gasteiger partial charge on any atom is -0.598 e. The number of benzene rings is 2. The number of carbonyl (C=O) groups is 1. The molecule has 8 nitrogen and oxygen atoms in total. The van der Waals surface area contributed by atoms with Crippen LogP contribution >= 0.6 is 11.6 Å². The summed E-state index contributed by atoms with van der Waals surface area (Å²) in [4.78, 5) is 26.7. The monoisotopic (exact) mass is 621 g/mol. The summed E-state index contributed by atoms with van der Waals surface area (Å²) in [6.45, 7) is 5.68.